The maximum atomic E-state index is 14.5. The zero-order valence-electron chi connectivity index (χ0n) is 13.1. The zero-order valence-corrected chi connectivity index (χ0v) is 13.1. The number of halogens is 2. The number of methoxy groups -OCH3 is 1. The monoisotopic (exact) mass is 325 g/mol. The summed E-state index contributed by atoms with van der Waals surface area (Å²) in [6, 6.07) is 6.72. The molecule has 1 amide bonds. The molecule has 1 aromatic carbocycles. The van der Waals surface area contributed by atoms with Crippen molar-refractivity contribution in [1.82, 2.24) is 4.90 Å². The fourth-order valence-corrected chi connectivity index (χ4v) is 3.48. The van der Waals surface area contributed by atoms with Crippen molar-refractivity contribution in [3.05, 3.63) is 29.8 Å². The van der Waals surface area contributed by atoms with Gasteiger partial charge < -0.3 is 14.7 Å². The van der Waals surface area contributed by atoms with Crippen molar-refractivity contribution in [3.63, 3.8) is 0 Å². The van der Waals surface area contributed by atoms with Crippen LogP contribution in [0.4, 0.5) is 8.78 Å². The molecule has 6 heteroatoms. The lowest BCUT2D eigenvalue weighted by atomic mass is 9.75. The highest BCUT2D eigenvalue weighted by Gasteiger charge is 2.63. The van der Waals surface area contributed by atoms with Crippen molar-refractivity contribution in [3.8, 4) is 5.75 Å². The SMILES string of the molecule is COc1ccccc1C1CCCN1C(=O)C(F)(F)C1(O)CCC1. The summed E-state index contributed by atoms with van der Waals surface area (Å²) in [5.41, 5.74) is -1.45. The molecule has 23 heavy (non-hydrogen) atoms. The van der Waals surface area contributed by atoms with Gasteiger partial charge in [0.15, 0.2) is 0 Å². The number of likely N-dealkylation sites (tertiary alicyclic amines) is 1. The van der Waals surface area contributed by atoms with Crippen LogP contribution in [0.3, 0.4) is 0 Å². The molecule has 1 saturated carbocycles. The van der Waals surface area contributed by atoms with Crippen LogP contribution in [0.5, 0.6) is 5.75 Å². The van der Waals surface area contributed by atoms with E-state index < -0.39 is 23.5 Å². The first-order valence-corrected chi connectivity index (χ1v) is 7.95. The first-order chi connectivity index (χ1) is 10.9. The fourth-order valence-electron chi connectivity index (χ4n) is 3.48. The molecule has 3 rings (SSSR count). The molecule has 1 aliphatic heterocycles. The maximum Gasteiger partial charge on any atom is 0.352 e. The predicted molar refractivity (Wildman–Crippen MR) is 80.4 cm³/mol. The summed E-state index contributed by atoms with van der Waals surface area (Å²) in [6.45, 7) is 0.271. The molecule has 1 atom stereocenters. The van der Waals surface area contributed by atoms with E-state index in [1.54, 1.807) is 24.3 Å². The smallest absolute Gasteiger partial charge is 0.352 e. The Hall–Kier alpha value is -1.69. The van der Waals surface area contributed by atoms with Crippen molar-refractivity contribution < 1.29 is 23.4 Å². The number of para-hydroxylation sites is 1. The van der Waals surface area contributed by atoms with Crippen LogP contribution >= 0.6 is 0 Å². The number of rotatable bonds is 4. The Bertz CT molecular complexity index is 601. The highest BCUT2D eigenvalue weighted by atomic mass is 19.3. The average Bonchev–Trinajstić information content (AvgIpc) is 3.00. The minimum absolute atomic E-state index is 0.0289. The lowest BCUT2D eigenvalue weighted by Crippen LogP contribution is -2.61. The summed E-state index contributed by atoms with van der Waals surface area (Å²) in [5.74, 6) is -4.42. The van der Waals surface area contributed by atoms with E-state index in [0.717, 1.165) is 5.56 Å². The van der Waals surface area contributed by atoms with Crippen molar-refractivity contribution in [2.24, 2.45) is 0 Å². The van der Waals surface area contributed by atoms with Gasteiger partial charge in [-0.25, -0.2) is 0 Å². The van der Waals surface area contributed by atoms with Crippen LogP contribution in [-0.4, -0.2) is 41.1 Å². The second-order valence-corrected chi connectivity index (χ2v) is 6.36. The highest BCUT2D eigenvalue weighted by Crippen LogP contribution is 2.47. The van der Waals surface area contributed by atoms with E-state index in [0.29, 0.717) is 25.0 Å². The normalized spacial score (nSPS) is 23.5. The number of hydrogen-bond acceptors (Lipinski definition) is 3. The quantitative estimate of drug-likeness (QED) is 0.926. The molecular formula is C17H21F2NO3. The third kappa shape index (κ3) is 2.49. The molecule has 1 N–H and O–H groups in total. The Morgan fingerprint density at radius 1 is 1.35 bits per heavy atom. The molecule has 1 aromatic rings. The molecule has 1 heterocycles. The van der Waals surface area contributed by atoms with E-state index in [1.165, 1.54) is 12.0 Å². The molecule has 2 fully saturated rings. The molecule has 0 spiro atoms. The van der Waals surface area contributed by atoms with Crippen molar-refractivity contribution in [2.75, 3.05) is 13.7 Å². The predicted octanol–water partition coefficient (Wildman–Crippen LogP) is 2.91. The zero-order chi connectivity index (χ0) is 16.7. The molecule has 1 unspecified atom stereocenters. The Morgan fingerprint density at radius 3 is 2.65 bits per heavy atom. The molecule has 1 saturated heterocycles. The van der Waals surface area contributed by atoms with Crippen LogP contribution in [0.15, 0.2) is 24.3 Å². The number of carbonyl (C=O) groups is 1. The first kappa shape index (κ1) is 16.2. The van der Waals surface area contributed by atoms with Crippen LogP contribution in [0.1, 0.15) is 43.7 Å². The molecule has 2 aliphatic rings. The summed E-state index contributed by atoms with van der Waals surface area (Å²) in [5, 5.41) is 10.0. The molecule has 0 bridgehead atoms. The van der Waals surface area contributed by atoms with Crippen LogP contribution in [0, 0.1) is 0 Å². The minimum Gasteiger partial charge on any atom is -0.496 e. The summed E-state index contributed by atoms with van der Waals surface area (Å²) >= 11 is 0. The van der Waals surface area contributed by atoms with Gasteiger partial charge in [0.05, 0.1) is 13.2 Å². The van der Waals surface area contributed by atoms with E-state index >= 15 is 0 Å². The Morgan fingerprint density at radius 2 is 2.04 bits per heavy atom. The summed E-state index contributed by atoms with van der Waals surface area (Å²) < 4.78 is 34.3. The lowest BCUT2D eigenvalue weighted by Gasteiger charge is -2.43. The van der Waals surface area contributed by atoms with Crippen molar-refractivity contribution >= 4 is 5.91 Å². The van der Waals surface area contributed by atoms with E-state index in [4.69, 9.17) is 4.74 Å². The number of nitrogens with zero attached hydrogens (tertiary/aromatic N) is 1. The van der Waals surface area contributed by atoms with E-state index in [-0.39, 0.29) is 19.4 Å². The number of benzene rings is 1. The van der Waals surface area contributed by atoms with Gasteiger partial charge in [-0.3, -0.25) is 4.79 Å². The number of carbonyl (C=O) groups excluding carboxylic acids is 1. The largest absolute Gasteiger partial charge is 0.496 e. The van der Waals surface area contributed by atoms with Gasteiger partial charge in [-0.1, -0.05) is 18.2 Å². The van der Waals surface area contributed by atoms with Gasteiger partial charge in [0.25, 0.3) is 5.91 Å². The Labute approximate surface area is 134 Å². The average molecular weight is 325 g/mol. The number of alkyl halides is 2. The number of amides is 1. The first-order valence-electron chi connectivity index (χ1n) is 7.95. The molecule has 1 aliphatic carbocycles. The van der Waals surface area contributed by atoms with E-state index in [9.17, 15) is 18.7 Å². The van der Waals surface area contributed by atoms with E-state index in [1.807, 2.05) is 0 Å². The Kier molecular flexibility index (Phi) is 4.04. The van der Waals surface area contributed by atoms with Crippen LogP contribution in [-0.2, 0) is 4.79 Å². The maximum absolute atomic E-state index is 14.5. The molecule has 0 aromatic heterocycles. The van der Waals surface area contributed by atoms with Gasteiger partial charge in [-0.2, -0.15) is 8.78 Å². The van der Waals surface area contributed by atoms with Crippen LogP contribution < -0.4 is 4.74 Å². The topological polar surface area (TPSA) is 49.8 Å². The summed E-state index contributed by atoms with van der Waals surface area (Å²) in [4.78, 5) is 13.7. The highest BCUT2D eigenvalue weighted by molar-refractivity contribution is 5.86. The van der Waals surface area contributed by atoms with Crippen LogP contribution in [0.25, 0.3) is 0 Å². The van der Waals surface area contributed by atoms with Gasteiger partial charge >= 0.3 is 5.92 Å². The van der Waals surface area contributed by atoms with Crippen molar-refractivity contribution in [2.45, 2.75) is 49.7 Å². The van der Waals surface area contributed by atoms with Crippen molar-refractivity contribution in [1.29, 1.82) is 0 Å². The Balaban J connectivity index is 1.88. The fraction of sp³-hybridized carbons (Fsp3) is 0.588. The molecular weight excluding hydrogens is 304 g/mol. The summed E-state index contributed by atoms with van der Waals surface area (Å²) in [6.07, 6.45) is 1.73. The summed E-state index contributed by atoms with van der Waals surface area (Å²) in [7, 11) is 1.52. The molecule has 126 valence electrons. The minimum atomic E-state index is -3.74. The second kappa shape index (κ2) is 5.74. The lowest BCUT2D eigenvalue weighted by molar-refractivity contribution is -0.224. The molecule has 4 nitrogen and oxygen atoms in total. The standard InChI is InChI=1S/C17H21F2NO3/c1-23-14-8-3-2-6-12(14)13-7-4-11-20(13)15(21)17(18,19)16(22)9-5-10-16/h2-3,6,8,13,22H,4-5,7,9-11H2,1H3. The van der Waals surface area contributed by atoms with Gasteiger partial charge in [0.2, 0.25) is 0 Å². The second-order valence-electron chi connectivity index (χ2n) is 6.36. The molecule has 0 radical (unpaired) electrons. The number of hydrogen-bond donors (Lipinski definition) is 1. The van der Waals surface area contributed by atoms with Gasteiger partial charge in [0.1, 0.15) is 11.4 Å². The van der Waals surface area contributed by atoms with Gasteiger partial charge in [0, 0.05) is 12.1 Å². The van der Waals surface area contributed by atoms with Gasteiger partial charge in [-0.05, 0) is 38.2 Å². The van der Waals surface area contributed by atoms with E-state index in [2.05, 4.69) is 0 Å². The third-order valence-electron chi connectivity index (χ3n) is 5.05. The van der Waals surface area contributed by atoms with Gasteiger partial charge in [-0.15, -0.1) is 0 Å². The number of aliphatic hydroxyl groups is 1. The third-order valence-corrected chi connectivity index (χ3v) is 5.05. The number of ether oxygens (including phenoxy) is 1. The van der Waals surface area contributed by atoms with Crippen LogP contribution in [0.2, 0.25) is 0 Å².